The zero-order valence-electron chi connectivity index (χ0n) is 12.6. The normalized spacial score (nSPS) is 16.9. The number of aromatic nitrogens is 1. The fraction of sp³-hybridized carbons (Fsp3) is 0.353. The highest BCUT2D eigenvalue weighted by Gasteiger charge is 2.40. The summed E-state index contributed by atoms with van der Waals surface area (Å²) in [4.78, 5) is 28.2. The Morgan fingerprint density at radius 3 is 2.70 bits per heavy atom. The van der Waals surface area contributed by atoms with Crippen LogP contribution < -0.4 is 5.32 Å². The van der Waals surface area contributed by atoms with E-state index in [0.717, 1.165) is 10.8 Å². The Bertz CT molecular complexity index is 733. The van der Waals surface area contributed by atoms with Crippen LogP contribution in [0.25, 0.3) is 10.8 Å². The Labute approximate surface area is 133 Å². The number of pyridine rings is 1. The number of ether oxygens (including phenoxy) is 1. The van der Waals surface area contributed by atoms with Crippen LogP contribution in [0, 0.1) is 5.41 Å². The van der Waals surface area contributed by atoms with Gasteiger partial charge in [0.2, 0.25) is 0 Å². The molecule has 1 amide bonds. The Kier molecular flexibility index (Phi) is 4.25. The topological polar surface area (TPSA) is 88.5 Å². The van der Waals surface area contributed by atoms with Crippen LogP contribution in [0.4, 0.5) is 0 Å². The highest BCUT2D eigenvalue weighted by molar-refractivity contribution is 6.05. The van der Waals surface area contributed by atoms with Crippen molar-refractivity contribution in [3.63, 3.8) is 0 Å². The quantitative estimate of drug-likeness (QED) is 0.899. The van der Waals surface area contributed by atoms with Crippen LogP contribution in [0.15, 0.2) is 36.5 Å². The molecule has 0 aliphatic carbocycles. The minimum absolute atomic E-state index is 0.0788. The molecule has 23 heavy (non-hydrogen) atoms. The second-order valence-electron chi connectivity index (χ2n) is 5.76. The standard InChI is InChI=1S/C17H18N2O4/c20-15(14-13-4-2-1-3-12(13)5-8-18-14)19-11-17(16(21)22)6-9-23-10-7-17/h1-5,8H,6-7,9-11H2,(H,19,20)(H,21,22). The van der Waals surface area contributed by atoms with Crippen molar-refractivity contribution < 1.29 is 19.4 Å². The molecule has 0 spiro atoms. The van der Waals surface area contributed by atoms with E-state index in [1.807, 2.05) is 30.3 Å². The number of amides is 1. The number of carbonyl (C=O) groups excluding carboxylic acids is 1. The van der Waals surface area contributed by atoms with Gasteiger partial charge in [0.1, 0.15) is 5.69 Å². The van der Waals surface area contributed by atoms with Gasteiger partial charge in [-0.05, 0) is 24.3 Å². The molecular weight excluding hydrogens is 296 g/mol. The van der Waals surface area contributed by atoms with Crippen LogP contribution in [0.3, 0.4) is 0 Å². The molecule has 0 unspecified atom stereocenters. The fourth-order valence-electron chi connectivity index (χ4n) is 2.86. The van der Waals surface area contributed by atoms with Gasteiger partial charge in [0.15, 0.2) is 0 Å². The van der Waals surface area contributed by atoms with Crippen molar-refractivity contribution in [2.45, 2.75) is 12.8 Å². The molecule has 1 aromatic heterocycles. The third-order valence-electron chi connectivity index (χ3n) is 4.38. The molecule has 1 saturated heterocycles. The number of hydrogen-bond acceptors (Lipinski definition) is 4. The minimum Gasteiger partial charge on any atom is -0.481 e. The number of carboxylic acid groups (broad SMARTS) is 1. The summed E-state index contributed by atoms with van der Waals surface area (Å²) < 4.78 is 5.24. The van der Waals surface area contributed by atoms with Gasteiger partial charge < -0.3 is 15.2 Å². The summed E-state index contributed by atoms with van der Waals surface area (Å²) in [5.41, 5.74) is -0.644. The molecule has 1 fully saturated rings. The highest BCUT2D eigenvalue weighted by atomic mass is 16.5. The van der Waals surface area contributed by atoms with Crippen molar-refractivity contribution in [3.8, 4) is 0 Å². The van der Waals surface area contributed by atoms with Crippen molar-refractivity contribution in [3.05, 3.63) is 42.2 Å². The minimum atomic E-state index is -0.960. The predicted octanol–water partition coefficient (Wildman–Crippen LogP) is 1.85. The molecule has 2 aromatic rings. The third-order valence-corrected chi connectivity index (χ3v) is 4.38. The van der Waals surface area contributed by atoms with Gasteiger partial charge in [-0.15, -0.1) is 0 Å². The van der Waals surface area contributed by atoms with E-state index in [4.69, 9.17) is 4.74 Å². The Balaban J connectivity index is 1.79. The fourth-order valence-corrected chi connectivity index (χ4v) is 2.86. The number of fused-ring (bicyclic) bond motifs is 1. The van der Waals surface area contributed by atoms with E-state index in [-0.39, 0.29) is 12.5 Å². The number of aliphatic carboxylic acids is 1. The van der Waals surface area contributed by atoms with Crippen LogP contribution >= 0.6 is 0 Å². The predicted molar refractivity (Wildman–Crippen MR) is 84.2 cm³/mol. The summed E-state index contributed by atoms with van der Waals surface area (Å²) in [5.74, 6) is -1.25. The number of nitrogens with one attached hydrogen (secondary N) is 1. The van der Waals surface area contributed by atoms with Gasteiger partial charge in [-0.1, -0.05) is 24.3 Å². The lowest BCUT2D eigenvalue weighted by atomic mass is 9.80. The van der Waals surface area contributed by atoms with E-state index >= 15 is 0 Å². The first-order valence-electron chi connectivity index (χ1n) is 7.55. The smallest absolute Gasteiger partial charge is 0.311 e. The number of carboxylic acids is 1. The van der Waals surface area contributed by atoms with Crippen LogP contribution in [-0.4, -0.2) is 41.7 Å². The number of benzene rings is 1. The van der Waals surface area contributed by atoms with Gasteiger partial charge in [0.25, 0.3) is 5.91 Å². The van der Waals surface area contributed by atoms with Gasteiger partial charge in [0, 0.05) is 31.3 Å². The van der Waals surface area contributed by atoms with Crippen LogP contribution in [0.1, 0.15) is 23.3 Å². The Morgan fingerprint density at radius 1 is 1.22 bits per heavy atom. The number of carbonyl (C=O) groups is 2. The van der Waals surface area contributed by atoms with Gasteiger partial charge in [-0.3, -0.25) is 14.6 Å². The second kappa shape index (κ2) is 6.34. The second-order valence-corrected chi connectivity index (χ2v) is 5.76. The molecule has 0 bridgehead atoms. The first-order valence-corrected chi connectivity index (χ1v) is 7.55. The van der Waals surface area contributed by atoms with Crippen molar-refractivity contribution in [2.24, 2.45) is 5.41 Å². The van der Waals surface area contributed by atoms with Gasteiger partial charge in [0.05, 0.1) is 5.41 Å². The maximum Gasteiger partial charge on any atom is 0.311 e. The van der Waals surface area contributed by atoms with Crippen LogP contribution in [0.2, 0.25) is 0 Å². The molecule has 0 atom stereocenters. The first kappa shape index (κ1) is 15.4. The summed E-state index contributed by atoms with van der Waals surface area (Å²) in [7, 11) is 0. The van der Waals surface area contributed by atoms with E-state index in [2.05, 4.69) is 10.3 Å². The summed E-state index contributed by atoms with van der Waals surface area (Å²) in [6.45, 7) is 0.874. The van der Waals surface area contributed by atoms with Crippen LogP contribution in [-0.2, 0) is 9.53 Å². The lowest BCUT2D eigenvalue weighted by molar-refractivity contribution is -0.154. The number of nitrogens with zero attached hydrogens (tertiary/aromatic N) is 1. The summed E-state index contributed by atoms with van der Waals surface area (Å²) in [5, 5.41) is 13.9. The average molecular weight is 314 g/mol. The average Bonchev–Trinajstić information content (AvgIpc) is 2.60. The zero-order valence-corrected chi connectivity index (χ0v) is 12.6. The number of rotatable bonds is 4. The first-order chi connectivity index (χ1) is 11.1. The molecule has 120 valence electrons. The largest absolute Gasteiger partial charge is 0.481 e. The van der Waals surface area contributed by atoms with E-state index in [1.54, 1.807) is 6.20 Å². The summed E-state index contributed by atoms with van der Waals surface area (Å²) >= 11 is 0. The summed E-state index contributed by atoms with van der Waals surface area (Å²) in [6, 6.07) is 9.32. The van der Waals surface area contributed by atoms with E-state index in [1.165, 1.54) is 0 Å². The van der Waals surface area contributed by atoms with Gasteiger partial charge >= 0.3 is 5.97 Å². The lowest BCUT2D eigenvalue weighted by Crippen LogP contribution is -2.46. The van der Waals surface area contributed by atoms with E-state index in [0.29, 0.717) is 31.7 Å². The molecule has 1 aromatic carbocycles. The van der Waals surface area contributed by atoms with E-state index < -0.39 is 11.4 Å². The molecular formula is C17H18N2O4. The Hall–Kier alpha value is -2.47. The monoisotopic (exact) mass is 314 g/mol. The molecule has 6 heteroatoms. The molecule has 0 radical (unpaired) electrons. The molecule has 1 aliphatic rings. The van der Waals surface area contributed by atoms with Gasteiger partial charge in [-0.2, -0.15) is 0 Å². The molecule has 2 heterocycles. The van der Waals surface area contributed by atoms with Crippen molar-refractivity contribution in [1.29, 1.82) is 0 Å². The van der Waals surface area contributed by atoms with Crippen LogP contribution in [0.5, 0.6) is 0 Å². The SMILES string of the molecule is O=C(NCC1(C(=O)O)CCOCC1)c1nccc2ccccc12. The van der Waals surface area contributed by atoms with Crippen molar-refractivity contribution >= 4 is 22.6 Å². The Morgan fingerprint density at radius 2 is 1.96 bits per heavy atom. The lowest BCUT2D eigenvalue weighted by Gasteiger charge is -2.33. The zero-order chi connectivity index (χ0) is 16.3. The van der Waals surface area contributed by atoms with E-state index in [9.17, 15) is 14.7 Å². The van der Waals surface area contributed by atoms with Crippen molar-refractivity contribution in [2.75, 3.05) is 19.8 Å². The van der Waals surface area contributed by atoms with Gasteiger partial charge in [-0.25, -0.2) is 0 Å². The molecule has 3 rings (SSSR count). The molecule has 1 aliphatic heterocycles. The summed E-state index contributed by atoms with van der Waals surface area (Å²) in [6.07, 6.45) is 2.37. The molecule has 6 nitrogen and oxygen atoms in total. The maximum absolute atomic E-state index is 12.5. The molecule has 2 N–H and O–H groups in total. The highest BCUT2D eigenvalue weighted by Crippen LogP contribution is 2.30. The maximum atomic E-state index is 12.5. The molecule has 0 saturated carbocycles. The third kappa shape index (κ3) is 3.03. The number of hydrogen-bond donors (Lipinski definition) is 2. The van der Waals surface area contributed by atoms with Crippen molar-refractivity contribution in [1.82, 2.24) is 10.3 Å².